The van der Waals surface area contributed by atoms with Gasteiger partial charge in [-0.15, -0.1) is 0 Å². The summed E-state index contributed by atoms with van der Waals surface area (Å²) in [6.07, 6.45) is 5.60. The lowest BCUT2D eigenvalue weighted by Crippen LogP contribution is -2.45. The third kappa shape index (κ3) is 1.83. The zero-order valence-corrected chi connectivity index (χ0v) is 12.5. The zero-order chi connectivity index (χ0) is 15.3. The molecule has 4 nitrogen and oxygen atoms in total. The molecule has 1 saturated carbocycles. The van der Waals surface area contributed by atoms with Gasteiger partial charge in [0.1, 0.15) is 6.04 Å². The van der Waals surface area contributed by atoms with E-state index in [1.807, 2.05) is 18.2 Å². The lowest BCUT2D eigenvalue weighted by Gasteiger charge is -2.27. The molecule has 1 heterocycles. The van der Waals surface area contributed by atoms with Crippen LogP contribution in [0, 0.1) is 23.7 Å². The van der Waals surface area contributed by atoms with E-state index < -0.39 is 6.04 Å². The Morgan fingerprint density at radius 1 is 1.14 bits per heavy atom. The molecule has 0 N–H and O–H groups in total. The molecule has 2 aliphatic carbocycles. The Kier molecular flexibility index (Phi) is 3.06. The molecule has 22 heavy (non-hydrogen) atoms. The summed E-state index contributed by atoms with van der Waals surface area (Å²) in [4.78, 5) is 26.9. The number of hydrogen-bond donors (Lipinski definition) is 0. The number of fused-ring (bicyclic) bond motifs is 5. The summed E-state index contributed by atoms with van der Waals surface area (Å²) in [7, 11) is 1.41. The first-order valence-corrected chi connectivity index (χ1v) is 7.83. The Hall–Kier alpha value is -2.10. The lowest BCUT2D eigenvalue weighted by molar-refractivity contribution is -0.146. The van der Waals surface area contributed by atoms with Crippen LogP contribution in [0.2, 0.25) is 0 Å². The van der Waals surface area contributed by atoms with Crippen LogP contribution < -0.4 is 0 Å². The highest BCUT2D eigenvalue weighted by Gasteiger charge is 2.58. The first kappa shape index (κ1) is 13.6. The number of hydrogen-bond acceptors (Lipinski definition) is 3. The van der Waals surface area contributed by atoms with Crippen molar-refractivity contribution in [2.75, 3.05) is 13.7 Å². The highest BCUT2D eigenvalue weighted by atomic mass is 16.5. The van der Waals surface area contributed by atoms with E-state index in [0.717, 1.165) is 6.42 Å². The topological polar surface area (TPSA) is 46.6 Å². The van der Waals surface area contributed by atoms with Crippen LogP contribution in [0.25, 0.3) is 0 Å². The van der Waals surface area contributed by atoms with Gasteiger partial charge < -0.3 is 9.64 Å². The van der Waals surface area contributed by atoms with Crippen LogP contribution in [0.3, 0.4) is 0 Å². The largest absolute Gasteiger partial charge is 0.467 e. The van der Waals surface area contributed by atoms with Gasteiger partial charge in [-0.2, -0.15) is 0 Å². The van der Waals surface area contributed by atoms with Crippen LogP contribution in [0.4, 0.5) is 0 Å². The van der Waals surface area contributed by atoms with E-state index in [-0.39, 0.29) is 17.8 Å². The van der Waals surface area contributed by atoms with Crippen LogP contribution in [0.5, 0.6) is 0 Å². The Morgan fingerprint density at radius 3 is 2.59 bits per heavy atom. The highest BCUT2D eigenvalue weighted by molar-refractivity contribution is 5.97. The van der Waals surface area contributed by atoms with Crippen molar-refractivity contribution in [1.82, 2.24) is 4.90 Å². The molecule has 4 heteroatoms. The number of ether oxygens (including phenoxy) is 1. The van der Waals surface area contributed by atoms with Crippen LogP contribution >= 0.6 is 0 Å². The maximum absolute atomic E-state index is 12.8. The number of allylic oxidation sites excluding steroid dienone is 2. The van der Waals surface area contributed by atoms with E-state index >= 15 is 0 Å². The lowest BCUT2D eigenvalue weighted by atomic mass is 9.82. The van der Waals surface area contributed by atoms with Gasteiger partial charge in [-0.05, 0) is 36.3 Å². The molecule has 0 spiro atoms. The predicted molar refractivity (Wildman–Crippen MR) is 81.0 cm³/mol. The zero-order valence-electron chi connectivity index (χ0n) is 12.5. The monoisotopic (exact) mass is 297 g/mol. The second-order valence-electron chi connectivity index (χ2n) is 6.48. The normalized spacial score (nSPS) is 34.8. The van der Waals surface area contributed by atoms with Gasteiger partial charge in [0.25, 0.3) is 5.91 Å². The molecule has 0 radical (unpaired) electrons. The molecule has 114 valence electrons. The molecular formula is C18H19NO3. The fraction of sp³-hybridized carbons (Fsp3) is 0.444. The van der Waals surface area contributed by atoms with Crippen molar-refractivity contribution in [3.63, 3.8) is 0 Å². The van der Waals surface area contributed by atoms with Gasteiger partial charge >= 0.3 is 5.97 Å². The molecule has 0 unspecified atom stereocenters. The Bertz CT molecular complexity index is 639. The maximum Gasteiger partial charge on any atom is 0.328 e. The van der Waals surface area contributed by atoms with Gasteiger partial charge in [-0.1, -0.05) is 30.4 Å². The van der Waals surface area contributed by atoms with Crippen molar-refractivity contribution >= 4 is 11.9 Å². The van der Waals surface area contributed by atoms with E-state index in [0.29, 0.717) is 29.9 Å². The predicted octanol–water partition coefficient (Wildman–Crippen LogP) is 2.12. The molecule has 5 atom stereocenters. The number of carbonyl (C=O) groups is 2. The number of amides is 1. The number of carbonyl (C=O) groups excluding carboxylic acids is 2. The molecule has 4 rings (SSSR count). The summed E-state index contributed by atoms with van der Waals surface area (Å²) in [6, 6.07) is 8.75. The number of nitrogens with zero attached hydrogens (tertiary/aromatic N) is 1. The van der Waals surface area contributed by atoms with Gasteiger partial charge in [-0.3, -0.25) is 4.79 Å². The van der Waals surface area contributed by atoms with Crippen molar-refractivity contribution < 1.29 is 14.3 Å². The van der Waals surface area contributed by atoms with Gasteiger partial charge in [0.2, 0.25) is 0 Å². The fourth-order valence-corrected chi connectivity index (χ4v) is 4.60. The quantitative estimate of drug-likeness (QED) is 0.620. The third-order valence-electron chi connectivity index (χ3n) is 5.52. The summed E-state index contributed by atoms with van der Waals surface area (Å²) in [5, 5.41) is 0. The van der Waals surface area contributed by atoms with Crippen molar-refractivity contribution in [2.45, 2.75) is 12.5 Å². The first-order valence-electron chi connectivity index (χ1n) is 7.83. The highest BCUT2D eigenvalue weighted by Crippen LogP contribution is 2.54. The number of benzene rings is 1. The summed E-state index contributed by atoms with van der Waals surface area (Å²) in [5.41, 5.74) is 0.636. The van der Waals surface area contributed by atoms with E-state index in [4.69, 9.17) is 4.74 Å². The average Bonchev–Trinajstić information content (AvgIpc) is 3.25. The minimum atomic E-state index is -0.442. The molecule has 1 aromatic carbocycles. The Labute approximate surface area is 129 Å². The molecule has 1 aromatic rings. The fourth-order valence-electron chi connectivity index (χ4n) is 4.60. The van der Waals surface area contributed by atoms with Gasteiger partial charge in [0.05, 0.1) is 7.11 Å². The Balaban J connectivity index is 1.68. The van der Waals surface area contributed by atoms with Crippen molar-refractivity contribution in [1.29, 1.82) is 0 Å². The summed E-state index contributed by atoms with van der Waals surface area (Å²) >= 11 is 0. The standard InChI is InChI=1S/C18H19NO3/c1-22-18(21)16-15-13-8-7-12(9-13)14(15)10-19(16)17(20)11-5-3-2-4-6-11/h2-8,12-16H,9-10H2,1H3/t12-,13+,14-,15+,16+/m0/s1. The van der Waals surface area contributed by atoms with E-state index in [1.54, 1.807) is 17.0 Å². The molecule has 3 aliphatic rings. The van der Waals surface area contributed by atoms with Gasteiger partial charge in [0, 0.05) is 18.0 Å². The van der Waals surface area contributed by atoms with E-state index in [9.17, 15) is 9.59 Å². The SMILES string of the molecule is COC(=O)[C@H]1[C@H]2[C@@H](CN1C(=O)c1ccccc1)[C@H]1C=C[C@@H]2C1. The van der Waals surface area contributed by atoms with Gasteiger partial charge in [0.15, 0.2) is 0 Å². The minimum Gasteiger partial charge on any atom is -0.467 e. The molecule has 1 saturated heterocycles. The Morgan fingerprint density at radius 2 is 1.86 bits per heavy atom. The third-order valence-corrected chi connectivity index (χ3v) is 5.52. The summed E-state index contributed by atoms with van der Waals surface area (Å²) in [5.74, 6) is 1.19. The van der Waals surface area contributed by atoms with Crippen LogP contribution in [0.15, 0.2) is 42.5 Å². The molecule has 1 amide bonds. The number of likely N-dealkylation sites (tertiary alicyclic amines) is 1. The van der Waals surface area contributed by atoms with Crippen molar-refractivity contribution in [3.05, 3.63) is 48.0 Å². The second kappa shape index (κ2) is 4.97. The minimum absolute atomic E-state index is 0.0650. The molecule has 2 bridgehead atoms. The average molecular weight is 297 g/mol. The van der Waals surface area contributed by atoms with Crippen LogP contribution in [-0.2, 0) is 9.53 Å². The number of esters is 1. The van der Waals surface area contributed by atoms with Crippen LogP contribution in [0.1, 0.15) is 16.8 Å². The summed E-state index contributed by atoms with van der Waals surface area (Å²) in [6.45, 7) is 0.656. The smallest absolute Gasteiger partial charge is 0.328 e. The molecule has 2 fully saturated rings. The van der Waals surface area contributed by atoms with E-state index in [2.05, 4.69) is 12.2 Å². The van der Waals surface area contributed by atoms with Gasteiger partial charge in [-0.25, -0.2) is 4.79 Å². The first-order chi connectivity index (χ1) is 10.7. The maximum atomic E-state index is 12.8. The van der Waals surface area contributed by atoms with Crippen LogP contribution in [-0.4, -0.2) is 36.5 Å². The second-order valence-corrected chi connectivity index (χ2v) is 6.48. The molecule has 0 aromatic heterocycles. The summed E-state index contributed by atoms with van der Waals surface area (Å²) < 4.78 is 5.01. The van der Waals surface area contributed by atoms with E-state index in [1.165, 1.54) is 7.11 Å². The molecular weight excluding hydrogens is 278 g/mol. The van der Waals surface area contributed by atoms with Crippen molar-refractivity contribution in [3.8, 4) is 0 Å². The van der Waals surface area contributed by atoms with Crippen molar-refractivity contribution in [2.24, 2.45) is 23.7 Å². The molecule has 1 aliphatic heterocycles. The number of methoxy groups -OCH3 is 1. The number of rotatable bonds is 2.